The predicted octanol–water partition coefficient (Wildman–Crippen LogP) is 3.96. The Hall–Kier alpha value is -3.58. The van der Waals surface area contributed by atoms with Crippen molar-refractivity contribution in [2.75, 3.05) is 7.11 Å². The van der Waals surface area contributed by atoms with Crippen molar-refractivity contribution in [2.24, 2.45) is 0 Å². The van der Waals surface area contributed by atoms with Gasteiger partial charge in [-0.2, -0.15) is 0 Å². The van der Waals surface area contributed by atoms with Gasteiger partial charge in [0.05, 0.1) is 23.4 Å². The second-order valence-corrected chi connectivity index (χ2v) is 7.05. The molecular weight excluding hydrogens is 402 g/mol. The summed E-state index contributed by atoms with van der Waals surface area (Å²) in [6.45, 7) is 2.24. The molecule has 1 amide bonds. The minimum absolute atomic E-state index is 0.273. The number of pyridine rings is 1. The molecule has 0 atom stereocenters. The molecule has 30 heavy (non-hydrogen) atoms. The molecule has 7 nitrogen and oxygen atoms in total. The van der Waals surface area contributed by atoms with E-state index < -0.39 is 0 Å². The van der Waals surface area contributed by atoms with Crippen molar-refractivity contribution in [2.45, 2.75) is 13.5 Å². The van der Waals surface area contributed by atoms with E-state index in [-0.39, 0.29) is 5.91 Å². The maximum Gasteiger partial charge on any atom is 0.255 e. The zero-order chi connectivity index (χ0) is 21.1. The van der Waals surface area contributed by atoms with E-state index in [4.69, 9.17) is 16.3 Å². The first kappa shape index (κ1) is 19.7. The fraction of sp³-hybridized carbons (Fsp3) is 0.136. The number of aromatic nitrogens is 4. The van der Waals surface area contributed by atoms with Gasteiger partial charge in [0, 0.05) is 43.6 Å². The third kappa shape index (κ3) is 3.92. The molecule has 4 rings (SSSR count). The summed E-state index contributed by atoms with van der Waals surface area (Å²) in [5.74, 6) is 1.76. The Balaban J connectivity index is 1.53. The summed E-state index contributed by atoms with van der Waals surface area (Å²) in [5, 5.41) is 3.38. The lowest BCUT2D eigenvalue weighted by Gasteiger charge is -2.14. The highest BCUT2D eigenvalue weighted by atomic mass is 35.5. The molecule has 152 valence electrons. The molecule has 4 aromatic rings. The van der Waals surface area contributed by atoms with Crippen molar-refractivity contribution >= 4 is 17.5 Å². The average molecular weight is 422 g/mol. The Bertz CT molecular complexity index is 1180. The van der Waals surface area contributed by atoms with Gasteiger partial charge in [-0.15, -0.1) is 0 Å². The van der Waals surface area contributed by atoms with Crippen LogP contribution in [0.3, 0.4) is 0 Å². The second kappa shape index (κ2) is 8.42. The first-order valence-corrected chi connectivity index (χ1v) is 9.69. The molecular formula is C22H20ClN5O2. The van der Waals surface area contributed by atoms with Crippen LogP contribution in [0.4, 0.5) is 0 Å². The molecule has 0 aliphatic rings. The van der Waals surface area contributed by atoms with E-state index in [9.17, 15) is 4.79 Å². The van der Waals surface area contributed by atoms with Gasteiger partial charge in [-0.25, -0.2) is 9.97 Å². The summed E-state index contributed by atoms with van der Waals surface area (Å²) in [7, 11) is 1.53. The number of carbonyl (C=O) groups excluding carboxylic acids is 1. The number of aryl methyl sites for hydroxylation is 1. The highest BCUT2D eigenvalue weighted by Gasteiger charge is 2.16. The zero-order valence-corrected chi connectivity index (χ0v) is 17.3. The van der Waals surface area contributed by atoms with Gasteiger partial charge in [0.1, 0.15) is 17.4 Å². The lowest BCUT2D eigenvalue weighted by atomic mass is 10.1. The van der Waals surface area contributed by atoms with E-state index in [2.05, 4.69) is 15.3 Å². The van der Waals surface area contributed by atoms with Crippen molar-refractivity contribution in [3.8, 4) is 17.3 Å². The van der Waals surface area contributed by atoms with E-state index in [1.54, 1.807) is 24.5 Å². The Morgan fingerprint density at radius 2 is 1.93 bits per heavy atom. The number of rotatable bonds is 6. The number of nitrogens with zero attached hydrogens (tertiary/aromatic N) is 4. The van der Waals surface area contributed by atoms with Crippen LogP contribution < -0.4 is 10.1 Å². The Kier molecular flexibility index (Phi) is 5.54. The van der Waals surface area contributed by atoms with E-state index in [0.29, 0.717) is 22.9 Å². The largest absolute Gasteiger partial charge is 0.496 e. The molecule has 0 aliphatic carbocycles. The Labute approximate surface area is 178 Å². The molecule has 1 aromatic carbocycles. The number of carbonyl (C=O) groups is 1. The Morgan fingerprint density at radius 3 is 2.63 bits per heavy atom. The van der Waals surface area contributed by atoms with Crippen molar-refractivity contribution in [1.29, 1.82) is 0 Å². The van der Waals surface area contributed by atoms with Gasteiger partial charge in [-0.05, 0) is 42.8 Å². The summed E-state index contributed by atoms with van der Waals surface area (Å²) < 4.78 is 9.19. The first-order valence-electron chi connectivity index (χ1n) is 9.31. The van der Waals surface area contributed by atoms with Crippen molar-refractivity contribution in [3.63, 3.8) is 0 Å². The van der Waals surface area contributed by atoms with Gasteiger partial charge in [0.15, 0.2) is 0 Å². The molecule has 1 N–H and O–H groups in total. The number of ether oxygens (including phenoxy) is 1. The van der Waals surface area contributed by atoms with E-state index in [0.717, 1.165) is 22.9 Å². The van der Waals surface area contributed by atoms with Crippen LogP contribution in [0.2, 0.25) is 5.02 Å². The molecule has 0 aliphatic heterocycles. The third-order valence-electron chi connectivity index (χ3n) is 4.73. The quantitative estimate of drug-likeness (QED) is 0.511. The highest BCUT2D eigenvalue weighted by molar-refractivity contribution is 6.33. The summed E-state index contributed by atoms with van der Waals surface area (Å²) >= 11 is 6.43. The van der Waals surface area contributed by atoms with Crippen molar-refractivity contribution in [1.82, 2.24) is 24.4 Å². The summed E-state index contributed by atoms with van der Waals surface area (Å²) in [6.07, 6.45) is 9.03. The molecule has 0 radical (unpaired) electrons. The molecule has 3 aromatic heterocycles. The van der Waals surface area contributed by atoms with Gasteiger partial charge in [0.25, 0.3) is 5.91 Å². The van der Waals surface area contributed by atoms with Crippen LogP contribution >= 0.6 is 11.6 Å². The average Bonchev–Trinajstić information content (AvgIpc) is 3.44. The monoisotopic (exact) mass is 421 g/mol. The molecule has 0 fully saturated rings. The molecule has 0 saturated heterocycles. The SMILES string of the molecule is COc1cc(-n2cccc2)c(Cl)cc1C(=O)NCc1ccnc(-n2ccnc2C)c1. The maximum atomic E-state index is 12.8. The first-order chi connectivity index (χ1) is 14.6. The second-order valence-electron chi connectivity index (χ2n) is 6.64. The summed E-state index contributed by atoms with van der Waals surface area (Å²) in [4.78, 5) is 21.4. The molecule has 0 unspecified atom stereocenters. The lowest BCUT2D eigenvalue weighted by Crippen LogP contribution is -2.23. The summed E-state index contributed by atoms with van der Waals surface area (Å²) in [5.41, 5.74) is 2.03. The topological polar surface area (TPSA) is 74.0 Å². The predicted molar refractivity (Wildman–Crippen MR) is 115 cm³/mol. The number of nitrogens with one attached hydrogen (secondary N) is 1. The van der Waals surface area contributed by atoms with Crippen molar-refractivity contribution in [3.05, 3.63) is 89.4 Å². The Morgan fingerprint density at radius 1 is 1.13 bits per heavy atom. The van der Waals surface area contributed by atoms with Crippen LogP contribution in [-0.4, -0.2) is 32.1 Å². The molecule has 0 saturated carbocycles. The molecule has 0 bridgehead atoms. The minimum atomic E-state index is -0.273. The highest BCUT2D eigenvalue weighted by Crippen LogP contribution is 2.30. The van der Waals surface area contributed by atoms with Gasteiger partial charge in [-0.1, -0.05) is 11.6 Å². The van der Waals surface area contributed by atoms with Gasteiger partial charge < -0.3 is 14.6 Å². The van der Waals surface area contributed by atoms with E-state index >= 15 is 0 Å². The van der Waals surface area contributed by atoms with Gasteiger partial charge >= 0.3 is 0 Å². The number of halogens is 1. The van der Waals surface area contributed by atoms with Crippen LogP contribution in [0.15, 0.2) is 67.4 Å². The van der Waals surface area contributed by atoms with Crippen LogP contribution in [0.25, 0.3) is 11.5 Å². The lowest BCUT2D eigenvalue weighted by molar-refractivity contribution is 0.0948. The number of hydrogen-bond acceptors (Lipinski definition) is 4. The minimum Gasteiger partial charge on any atom is -0.496 e. The zero-order valence-electron chi connectivity index (χ0n) is 16.5. The van der Waals surface area contributed by atoms with E-state index in [1.807, 2.05) is 58.9 Å². The number of amides is 1. The van der Waals surface area contributed by atoms with Crippen LogP contribution in [0.5, 0.6) is 5.75 Å². The number of hydrogen-bond donors (Lipinski definition) is 1. The van der Waals surface area contributed by atoms with E-state index in [1.165, 1.54) is 7.11 Å². The van der Waals surface area contributed by atoms with Crippen molar-refractivity contribution < 1.29 is 9.53 Å². The fourth-order valence-corrected chi connectivity index (χ4v) is 3.44. The third-order valence-corrected chi connectivity index (χ3v) is 5.03. The van der Waals surface area contributed by atoms with Crippen LogP contribution in [-0.2, 0) is 6.54 Å². The normalized spacial score (nSPS) is 10.8. The number of methoxy groups -OCH3 is 1. The van der Waals surface area contributed by atoms with Gasteiger partial charge in [-0.3, -0.25) is 9.36 Å². The van der Waals surface area contributed by atoms with Crippen LogP contribution in [0.1, 0.15) is 21.7 Å². The van der Waals surface area contributed by atoms with Crippen LogP contribution in [0, 0.1) is 6.92 Å². The fourth-order valence-electron chi connectivity index (χ4n) is 3.18. The van der Waals surface area contributed by atoms with Gasteiger partial charge in [0.2, 0.25) is 0 Å². The smallest absolute Gasteiger partial charge is 0.255 e. The number of imidazole rings is 1. The number of benzene rings is 1. The standard InChI is InChI=1S/C22H20ClN5O2/c1-15-24-7-10-28(15)21-11-16(5-6-25-21)14-26-22(29)17-12-18(23)19(13-20(17)30-2)27-8-3-4-9-27/h3-13H,14H2,1-2H3,(H,26,29). The summed E-state index contributed by atoms with van der Waals surface area (Å²) in [6, 6.07) is 10.9. The molecule has 0 spiro atoms. The maximum absolute atomic E-state index is 12.8. The molecule has 3 heterocycles. The molecule has 8 heteroatoms.